The highest BCUT2D eigenvalue weighted by molar-refractivity contribution is 7.99. The number of oxazole rings is 1. The summed E-state index contributed by atoms with van der Waals surface area (Å²) in [7, 11) is 0. The molecule has 1 unspecified atom stereocenters. The molecule has 0 aliphatic carbocycles. The molecule has 1 atom stereocenters. The number of imidazole rings is 1. The number of rotatable bonds is 3. The molecule has 5 aromatic carbocycles. The van der Waals surface area contributed by atoms with Crippen LogP contribution in [0.4, 0.5) is 0 Å². The van der Waals surface area contributed by atoms with Crippen LogP contribution in [0.1, 0.15) is 59.5 Å². The first kappa shape index (κ1) is 20.9. The highest BCUT2D eigenvalue weighted by Crippen LogP contribution is 2.53. The molecule has 1 aliphatic heterocycles. The third kappa shape index (κ3) is 4.15. The summed E-state index contributed by atoms with van der Waals surface area (Å²) in [5, 5.41) is 0. The van der Waals surface area contributed by atoms with Crippen molar-refractivity contribution >= 4 is 39.7 Å². The molecule has 9 rings (SSSR count). The second-order valence-corrected chi connectivity index (χ2v) is 13.6. The summed E-state index contributed by atoms with van der Waals surface area (Å²) in [5.41, 5.74) is 5.89. The van der Waals surface area contributed by atoms with Crippen molar-refractivity contribution in [2.45, 2.75) is 56.5 Å². The van der Waals surface area contributed by atoms with Crippen molar-refractivity contribution in [1.29, 1.82) is 0 Å². The Bertz CT molecular complexity index is 2960. The Morgan fingerprint density at radius 2 is 1.56 bits per heavy atom. The van der Waals surface area contributed by atoms with Gasteiger partial charge >= 0.3 is 5.84 Å². The smallest absolute Gasteiger partial charge is 0.307 e. The van der Waals surface area contributed by atoms with E-state index >= 15 is 0 Å². The van der Waals surface area contributed by atoms with E-state index in [1.54, 1.807) is 19.1 Å². The fraction of sp³-hybridized carbons (Fsp3) is 0.167. The maximum Gasteiger partial charge on any atom is 0.307 e. The lowest BCUT2D eigenvalue weighted by atomic mass is 9.76. The summed E-state index contributed by atoms with van der Waals surface area (Å²) in [5.74, 6) is 0.518. The van der Waals surface area contributed by atoms with Crippen LogP contribution in [-0.4, -0.2) is 19.4 Å². The Labute approximate surface area is 296 Å². The normalized spacial score (nSPS) is 19.3. The predicted octanol–water partition coefficient (Wildman–Crippen LogP) is 11.0. The lowest BCUT2D eigenvalue weighted by molar-refractivity contribution is 0.607. The number of aromatic nitrogens is 4. The minimum atomic E-state index is -2.72. The third-order valence-electron chi connectivity index (χ3n) is 9.43. The molecule has 0 saturated carbocycles. The Balaban J connectivity index is 1.30. The van der Waals surface area contributed by atoms with E-state index in [4.69, 9.17) is 21.7 Å². The van der Waals surface area contributed by atoms with Crippen molar-refractivity contribution in [2.24, 2.45) is 0 Å². The van der Waals surface area contributed by atoms with Gasteiger partial charge in [0.1, 0.15) is 0 Å². The van der Waals surface area contributed by atoms with Crippen LogP contribution in [0.25, 0.3) is 61.7 Å². The maximum absolute atomic E-state index is 8.74. The largest absolute Gasteiger partial charge is 0.422 e. The first-order valence-corrected chi connectivity index (χ1v) is 16.4. The van der Waals surface area contributed by atoms with E-state index in [0.717, 1.165) is 37.5 Å². The van der Waals surface area contributed by atoms with Crippen molar-refractivity contribution < 1.29 is 16.8 Å². The number of para-hydroxylation sites is 2. The molecule has 3 aromatic heterocycles. The zero-order valence-corrected chi connectivity index (χ0v) is 27.2. The minimum absolute atomic E-state index is 0.0565. The number of nitrogens with zero attached hydrogens (tertiary/aromatic N) is 4. The molecular formula is C42H34N4OS. The summed E-state index contributed by atoms with van der Waals surface area (Å²) in [4.78, 5) is 15.7. The second kappa shape index (κ2) is 10.4. The molecule has 1 aliphatic rings. The van der Waals surface area contributed by atoms with Crippen LogP contribution in [0.5, 0.6) is 0 Å². The maximum atomic E-state index is 8.74. The van der Waals surface area contributed by atoms with E-state index in [0.29, 0.717) is 39.2 Å². The molecule has 48 heavy (non-hydrogen) atoms. The average Bonchev–Trinajstić information content (AvgIpc) is 3.69. The summed E-state index contributed by atoms with van der Waals surface area (Å²) < 4.78 is 85.9. The van der Waals surface area contributed by atoms with Gasteiger partial charge in [0.15, 0.2) is 11.4 Å². The highest BCUT2D eigenvalue weighted by atomic mass is 32.2. The SMILES string of the molecule is [2H]C([2H])([2H])c1ccc(-c2c(C)ccc3c2Sc2ccccc2C3(C)C([2H])([2H])[2H])cc1-c1nc(-c2c(C)ccc3c2oc2nc4ccccc4n23)ncc1C([2H])([2H])[2H]. The van der Waals surface area contributed by atoms with E-state index in [1.165, 1.54) is 24.0 Å². The van der Waals surface area contributed by atoms with Crippen molar-refractivity contribution in [1.82, 2.24) is 19.4 Å². The van der Waals surface area contributed by atoms with Gasteiger partial charge in [-0.1, -0.05) is 86.2 Å². The fourth-order valence-electron chi connectivity index (χ4n) is 6.99. The van der Waals surface area contributed by atoms with Gasteiger partial charge in [0.05, 0.1) is 27.8 Å². The van der Waals surface area contributed by atoms with Crippen molar-refractivity contribution in [3.63, 3.8) is 0 Å². The van der Waals surface area contributed by atoms with Crippen molar-refractivity contribution in [3.8, 4) is 33.8 Å². The third-order valence-corrected chi connectivity index (χ3v) is 10.6. The zero-order valence-electron chi connectivity index (χ0n) is 35.3. The van der Waals surface area contributed by atoms with Crippen LogP contribution < -0.4 is 0 Å². The van der Waals surface area contributed by atoms with Gasteiger partial charge < -0.3 is 4.42 Å². The van der Waals surface area contributed by atoms with Gasteiger partial charge in [-0.2, -0.15) is 4.98 Å². The molecule has 0 N–H and O–H groups in total. The molecule has 8 aromatic rings. The monoisotopic (exact) mass is 651 g/mol. The number of benzene rings is 5. The van der Waals surface area contributed by atoms with Gasteiger partial charge in [-0.05, 0) is 102 Å². The number of hydrogen-bond donors (Lipinski definition) is 0. The van der Waals surface area contributed by atoms with Gasteiger partial charge in [-0.15, -0.1) is 0 Å². The van der Waals surface area contributed by atoms with Gasteiger partial charge in [0.2, 0.25) is 0 Å². The lowest BCUT2D eigenvalue weighted by Crippen LogP contribution is -2.24. The van der Waals surface area contributed by atoms with E-state index in [-0.39, 0.29) is 28.2 Å². The Morgan fingerprint density at radius 3 is 2.44 bits per heavy atom. The fourth-order valence-corrected chi connectivity index (χ4v) is 8.50. The van der Waals surface area contributed by atoms with Gasteiger partial charge in [-0.3, -0.25) is 4.40 Å². The molecule has 0 saturated heterocycles. The van der Waals surface area contributed by atoms with Crippen LogP contribution >= 0.6 is 11.8 Å². The summed E-state index contributed by atoms with van der Waals surface area (Å²) >= 11 is 1.47. The van der Waals surface area contributed by atoms with E-state index in [9.17, 15) is 0 Å². The second-order valence-electron chi connectivity index (χ2n) is 12.5. The molecule has 6 heteroatoms. The van der Waals surface area contributed by atoms with Gasteiger partial charge in [0.25, 0.3) is 0 Å². The van der Waals surface area contributed by atoms with Gasteiger partial charge in [0, 0.05) is 39.3 Å². The van der Waals surface area contributed by atoms with E-state index in [2.05, 4.69) is 9.97 Å². The summed E-state index contributed by atoms with van der Waals surface area (Å²) in [6.07, 6.45) is 1.24. The first-order chi connectivity index (χ1) is 26.9. The molecule has 5 nitrogen and oxygen atoms in total. The predicted molar refractivity (Wildman–Crippen MR) is 196 cm³/mol. The molecule has 0 bridgehead atoms. The number of hydrogen-bond acceptors (Lipinski definition) is 5. The van der Waals surface area contributed by atoms with Crippen LogP contribution in [0, 0.1) is 27.6 Å². The van der Waals surface area contributed by atoms with E-state index in [1.807, 2.05) is 91.0 Å². The Kier molecular flexibility index (Phi) is 4.53. The van der Waals surface area contributed by atoms with Crippen LogP contribution in [0.2, 0.25) is 0 Å². The number of fused-ring (bicyclic) bond motifs is 7. The number of aryl methyl sites for hydroxylation is 4. The zero-order chi connectivity index (χ0) is 40.4. The van der Waals surface area contributed by atoms with Crippen LogP contribution in [-0.2, 0) is 5.41 Å². The molecule has 234 valence electrons. The lowest BCUT2D eigenvalue weighted by Gasteiger charge is -2.36. The van der Waals surface area contributed by atoms with Crippen LogP contribution in [0.3, 0.4) is 0 Å². The van der Waals surface area contributed by atoms with Crippen molar-refractivity contribution in [3.05, 3.63) is 131 Å². The standard InChI is InChI=1S/C42H34N4OS/c1-23-15-18-27(35-24(2)16-19-30-39(35)48-34-14-10-7-11-29(34)42(30,5)6)21-28(23)37-26(4)22-43-40(45-37)36-25(3)17-20-33-38(36)47-41-44-31-12-8-9-13-32(31)46(33)41/h7-22H,1-6H3/i1D3,4D3,5D3. The molecule has 0 radical (unpaired) electrons. The molecule has 0 spiro atoms. The highest BCUT2D eigenvalue weighted by Gasteiger charge is 2.34. The van der Waals surface area contributed by atoms with E-state index < -0.39 is 26.0 Å². The van der Waals surface area contributed by atoms with Crippen molar-refractivity contribution in [2.75, 3.05) is 0 Å². The molecule has 4 heterocycles. The van der Waals surface area contributed by atoms with Crippen LogP contribution in [0.15, 0.2) is 111 Å². The van der Waals surface area contributed by atoms with Gasteiger partial charge in [-0.25, -0.2) is 9.97 Å². The first-order valence-electron chi connectivity index (χ1n) is 20.1. The quantitative estimate of drug-likeness (QED) is 0.190. The molecular weight excluding hydrogens is 609 g/mol. The minimum Gasteiger partial charge on any atom is -0.422 e. The summed E-state index contributed by atoms with van der Waals surface area (Å²) in [6.45, 7) is -2.25. The Morgan fingerprint density at radius 1 is 0.771 bits per heavy atom. The molecule has 0 fully saturated rings. The summed E-state index contributed by atoms with van der Waals surface area (Å²) in [6, 6.07) is 27.6. The average molecular weight is 652 g/mol. The molecule has 0 amide bonds. The topological polar surface area (TPSA) is 56.2 Å². The Hall–Kier alpha value is -5.20.